The van der Waals surface area contributed by atoms with E-state index in [1.807, 2.05) is 18.0 Å². The maximum Gasteiger partial charge on any atom is 0.0695 e. The number of hydrogen-bond acceptors (Lipinski definition) is 3. The first-order valence-electron chi connectivity index (χ1n) is 7.20. The maximum absolute atomic E-state index is 4.18. The van der Waals surface area contributed by atoms with Crippen molar-refractivity contribution in [3.8, 4) is 11.3 Å². The number of hydrogen-bond donors (Lipinski definition) is 2. The second-order valence-corrected chi connectivity index (χ2v) is 6.79. The molecule has 0 radical (unpaired) electrons. The van der Waals surface area contributed by atoms with Gasteiger partial charge in [-0.2, -0.15) is 5.10 Å². The lowest BCUT2D eigenvalue weighted by molar-refractivity contribution is 0.676. The Morgan fingerprint density at radius 2 is 2.00 bits per heavy atom. The van der Waals surface area contributed by atoms with Gasteiger partial charge in [0.1, 0.15) is 0 Å². The summed E-state index contributed by atoms with van der Waals surface area (Å²) in [5, 5.41) is 11.3. The van der Waals surface area contributed by atoms with Crippen LogP contribution in [0.2, 0.25) is 0 Å². The van der Waals surface area contributed by atoms with Crippen molar-refractivity contribution >= 4 is 11.8 Å². The Morgan fingerprint density at radius 3 is 2.65 bits per heavy atom. The van der Waals surface area contributed by atoms with E-state index in [4.69, 9.17) is 0 Å². The molecule has 0 aliphatic rings. The normalized spacial score (nSPS) is 11.2. The Labute approximate surface area is 125 Å². The zero-order chi connectivity index (χ0) is 14.4. The first-order chi connectivity index (χ1) is 9.70. The van der Waals surface area contributed by atoms with Crippen molar-refractivity contribution in [3.63, 3.8) is 0 Å². The van der Waals surface area contributed by atoms with Gasteiger partial charge >= 0.3 is 0 Å². The topological polar surface area (TPSA) is 40.7 Å². The molecule has 1 aromatic carbocycles. The lowest BCUT2D eigenvalue weighted by atomic mass is 10.1. The Kier molecular flexibility index (Phi) is 5.68. The largest absolute Gasteiger partial charge is 0.313 e. The van der Waals surface area contributed by atoms with Crippen LogP contribution in [0.15, 0.2) is 35.4 Å². The quantitative estimate of drug-likeness (QED) is 0.596. The van der Waals surface area contributed by atoms with Gasteiger partial charge in [-0.25, -0.2) is 0 Å². The highest BCUT2D eigenvalue weighted by molar-refractivity contribution is 7.99. The van der Waals surface area contributed by atoms with E-state index in [0.29, 0.717) is 5.25 Å². The summed E-state index contributed by atoms with van der Waals surface area (Å²) in [6.07, 6.45) is 3.06. The van der Waals surface area contributed by atoms with Crippen molar-refractivity contribution in [2.24, 2.45) is 0 Å². The molecule has 20 heavy (non-hydrogen) atoms. The van der Waals surface area contributed by atoms with Gasteiger partial charge in [0.05, 0.1) is 11.9 Å². The molecule has 2 N–H and O–H groups in total. The van der Waals surface area contributed by atoms with Gasteiger partial charge < -0.3 is 5.32 Å². The summed E-state index contributed by atoms with van der Waals surface area (Å²) in [5.74, 6) is 0. The molecule has 2 aromatic rings. The van der Waals surface area contributed by atoms with Crippen LogP contribution < -0.4 is 5.32 Å². The molecule has 0 bridgehead atoms. The average Bonchev–Trinajstić information content (AvgIpc) is 2.88. The van der Waals surface area contributed by atoms with Crippen molar-refractivity contribution in [2.45, 2.75) is 43.9 Å². The first kappa shape index (κ1) is 15.1. The van der Waals surface area contributed by atoms with Gasteiger partial charge in [0.15, 0.2) is 0 Å². The first-order valence-corrected chi connectivity index (χ1v) is 8.08. The maximum atomic E-state index is 4.18. The molecule has 1 aromatic heterocycles. The number of rotatable bonds is 7. The van der Waals surface area contributed by atoms with E-state index in [9.17, 15) is 0 Å². The van der Waals surface area contributed by atoms with Crippen molar-refractivity contribution < 1.29 is 0 Å². The molecule has 108 valence electrons. The van der Waals surface area contributed by atoms with Gasteiger partial charge in [-0.05, 0) is 30.7 Å². The van der Waals surface area contributed by atoms with Crippen LogP contribution in [0.1, 0.15) is 32.8 Å². The zero-order valence-corrected chi connectivity index (χ0v) is 13.3. The second-order valence-electron chi connectivity index (χ2n) is 5.14. The average molecular weight is 289 g/mol. The molecule has 1 heterocycles. The molecule has 0 unspecified atom stereocenters. The van der Waals surface area contributed by atoms with Crippen LogP contribution in [0.25, 0.3) is 11.3 Å². The fourth-order valence-electron chi connectivity index (χ4n) is 2.07. The van der Waals surface area contributed by atoms with Crippen LogP contribution in [0.3, 0.4) is 0 Å². The highest BCUT2D eigenvalue weighted by Gasteiger charge is 2.07. The van der Waals surface area contributed by atoms with E-state index in [1.54, 1.807) is 0 Å². The highest BCUT2D eigenvalue weighted by Crippen LogP contribution is 2.27. The van der Waals surface area contributed by atoms with Crippen molar-refractivity contribution in [1.82, 2.24) is 15.5 Å². The number of aromatic amines is 1. The number of H-pyrrole nitrogens is 1. The Morgan fingerprint density at radius 1 is 1.25 bits per heavy atom. The molecule has 0 aliphatic carbocycles. The van der Waals surface area contributed by atoms with E-state index in [1.165, 1.54) is 16.0 Å². The van der Waals surface area contributed by atoms with Gasteiger partial charge in [-0.15, -0.1) is 11.8 Å². The van der Waals surface area contributed by atoms with Crippen molar-refractivity contribution in [2.75, 3.05) is 6.54 Å². The fraction of sp³-hybridized carbons (Fsp3) is 0.438. The fourth-order valence-corrected chi connectivity index (χ4v) is 2.90. The Bertz CT molecular complexity index is 517. The van der Waals surface area contributed by atoms with Crippen LogP contribution >= 0.6 is 11.8 Å². The van der Waals surface area contributed by atoms with E-state index >= 15 is 0 Å². The van der Waals surface area contributed by atoms with Gasteiger partial charge in [0.2, 0.25) is 0 Å². The molecular weight excluding hydrogens is 266 g/mol. The number of thioether (sulfide) groups is 1. The van der Waals surface area contributed by atoms with Crippen LogP contribution in [-0.4, -0.2) is 22.0 Å². The summed E-state index contributed by atoms with van der Waals surface area (Å²) in [6, 6.07) is 8.71. The monoisotopic (exact) mass is 289 g/mol. The molecule has 2 rings (SSSR count). The molecular formula is C16H23N3S. The third-order valence-corrected chi connectivity index (χ3v) is 3.99. The number of nitrogens with zero attached hydrogens (tertiary/aromatic N) is 1. The molecule has 0 amide bonds. The molecule has 0 fully saturated rings. The molecule has 0 atom stereocenters. The summed E-state index contributed by atoms with van der Waals surface area (Å²) >= 11 is 1.89. The van der Waals surface area contributed by atoms with Crippen molar-refractivity contribution in [3.05, 3.63) is 36.0 Å². The van der Waals surface area contributed by atoms with Crippen LogP contribution in [0.5, 0.6) is 0 Å². The Hall–Kier alpha value is -1.26. The standard InChI is InChI=1S/C16H23N3S/c1-4-9-17-10-14-11-18-19-16(14)13-5-7-15(8-6-13)20-12(2)3/h5-8,11-12,17H,4,9-10H2,1-3H3,(H,18,19). The SMILES string of the molecule is CCCNCc1cn[nH]c1-c1ccc(SC(C)C)cc1. The van der Waals surface area contributed by atoms with Crippen LogP contribution in [-0.2, 0) is 6.54 Å². The summed E-state index contributed by atoms with van der Waals surface area (Å²) in [7, 11) is 0. The predicted molar refractivity (Wildman–Crippen MR) is 87.0 cm³/mol. The van der Waals surface area contributed by atoms with Gasteiger partial charge in [0, 0.05) is 22.3 Å². The second kappa shape index (κ2) is 7.50. The van der Waals surface area contributed by atoms with Gasteiger partial charge in [-0.1, -0.05) is 32.9 Å². The molecule has 0 saturated heterocycles. The van der Waals surface area contributed by atoms with Crippen molar-refractivity contribution in [1.29, 1.82) is 0 Å². The van der Waals surface area contributed by atoms with E-state index in [-0.39, 0.29) is 0 Å². The third-order valence-electron chi connectivity index (χ3n) is 2.97. The summed E-state index contributed by atoms with van der Waals surface area (Å²) in [5.41, 5.74) is 3.54. The predicted octanol–water partition coefficient (Wildman–Crippen LogP) is 4.08. The lowest BCUT2D eigenvalue weighted by Gasteiger charge is -2.07. The summed E-state index contributed by atoms with van der Waals surface area (Å²) in [6.45, 7) is 8.50. The molecule has 4 heteroatoms. The molecule has 0 saturated carbocycles. The molecule has 0 aliphatic heterocycles. The minimum absolute atomic E-state index is 0.613. The van der Waals surface area contributed by atoms with Gasteiger partial charge in [0.25, 0.3) is 0 Å². The van der Waals surface area contributed by atoms with Crippen LogP contribution in [0.4, 0.5) is 0 Å². The smallest absolute Gasteiger partial charge is 0.0695 e. The van der Waals surface area contributed by atoms with E-state index in [2.05, 4.69) is 60.6 Å². The van der Waals surface area contributed by atoms with E-state index < -0.39 is 0 Å². The Balaban J connectivity index is 2.09. The third kappa shape index (κ3) is 4.12. The number of aromatic nitrogens is 2. The van der Waals surface area contributed by atoms with Gasteiger partial charge in [-0.3, -0.25) is 5.10 Å². The zero-order valence-electron chi connectivity index (χ0n) is 12.4. The lowest BCUT2D eigenvalue weighted by Crippen LogP contribution is -2.13. The van der Waals surface area contributed by atoms with E-state index in [0.717, 1.165) is 25.2 Å². The minimum Gasteiger partial charge on any atom is -0.313 e. The summed E-state index contributed by atoms with van der Waals surface area (Å²) in [4.78, 5) is 1.31. The summed E-state index contributed by atoms with van der Waals surface area (Å²) < 4.78 is 0. The number of nitrogens with one attached hydrogen (secondary N) is 2. The number of benzene rings is 1. The highest BCUT2D eigenvalue weighted by atomic mass is 32.2. The van der Waals surface area contributed by atoms with Crippen LogP contribution in [0, 0.1) is 0 Å². The minimum atomic E-state index is 0.613. The molecule has 0 spiro atoms. The molecule has 3 nitrogen and oxygen atoms in total.